The molecule has 1 aliphatic heterocycles. The van der Waals surface area contributed by atoms with Gasteiger partial charge in [-0.15, -0.1) is 0 Å². The second-order valence-electron chi connectivity index (χ2n) is 7.65. The van der Waals surface area contributed by atoms with E-state index in [9.17, 15) is 9.59 Å². The molecule has 1 heterocycles. The van der Waals surface area contributed by atoms with Gasteiger partial charge in [0.25, 0.3) is 0 Å². The highest BCUT2D eigenvalue weighted by molar-refractivity contribution is 5.93. The van der Waals surface area contributed by atoms with E-state index >= 15 is 0 Å². The van der Waals surface area contributed by atoms with Crippen molar-refractivity contribution >= 4 is 17.5 Å². The molecule has 1 aliphatic rings. The van der Waals surface area contributed by atoms with Crippen molar-refractivity contribution in [1.29, 1.82) is 0 Å². The molecule has 6 nitrogen and oxygen atoms in total. The van der Waals surface area contributed by atoms with Crippen molar-refractivity contribution in [3.63, 3.8) is 0 Å². The van der Waals surface area contributed by atoms with Crippen LogP contribution in [0.25, 0.3) is 0 Å². The molecule has 6 heteroatoms. The lowest BCUT2D eigenvalue weighted by Crippen LogP contribution is -2.54. The predicted octanol–water partition coefficient (Wildman–Crippen LogP) is 1.76. The summed E-state index contributed by atoms with van der Waals surface area (Å²) in [7, 11) is 0. The molecule has 0 unspecified atom stereocenters. The molecule has 144 valence electrons. The third-order valence-corrected chi connectivity index (χ3v) is 4.84. The van der Waals surface area contributed by atoms with Crippen molar-refractivity contribution in [2.24, 2.45) is 11.7 Å². The van der Waals surface area contributed by atoms with Crippen molar-refractivity contribution < 1.29 is 9.59 Å². The summed E-state index contributed by atoms with van der Waals surface area (Å²) in [5, 5.41) is 3.02. The Balaban J connectivity index is 1.81. The summed E-state index contributed by atoms with van der Waals surface area (Å²) < 4.78 is 0. The first-order valence-electron chi connectivity index (χ1n) is 9.40. The first-order valence-corrected chi connectivity index (χ1v) is 9.40. The zero-order chi connectivity index (χ0) is 19.3. The summed E-state index contributed by atoms with van der Waals surface area (Å²) in [6.07, 6.45) is 0.706. The van der Waals surface area contributed by atoms with Crippen LogP contribution >= 0.6 is 0 Å². The van der Waals surface area contributed by atoms with E-state index in [1.165, 1.54) is 0 Å². The fraction of sp³-hybridized carbons (Fsp3) is 0.600. The summed E-state index contributed by atoms with van der Waals surface area (Å²) in [5.74, 6) is 0.417. The van der Waals surface area contributed by atoms with Gasteiger partial charge in [0.05, 0.1) is 12.6 Å². The Hall–Kier alpha value is -1.92. The number of aryl methyl sites for hydroxylation is 2. The van der Waals surface area contributed by atoms with Crippen LogP contribution in [0, 0.1) is 19.8 Å². The Morgan fingerprint density at radius 3 is 2.23 bits per heavy atom. The van der Waals surface area contributed by atoms with E-state index in [-0.39, 0.29) is 11.8 Å². The van der Waals surface area contributed by atoms with Crippen LogP contribution in [-0.2, 0) is 9.59 Å². The summed E-state index contributed by atoms with van der Waals surface area (Å²) in [6.45, 7) is 11.1. The fourth-order valence-corrected chi connectivity index (χ4v) is 3.36. The predicted molar refractivity (Wildman–Crippen MR) is 105 cm³/mol. The Bertz CT molecular complexity index is 616. The van der Waals surface area contributed by atoms with Gasteiger partial charge in [-0.3, -0.25) is 14.5 Å². The molecule has 2 rings (SSSR count). The topological polar surface area (TPSA) is 78.7 Å². The van der Waals surface area contributed by atoms with E-state index in [0.717, 1.165) is 16.8 Å². The number of amides is 2. The van der Waals surface area contributed by atoms with Gasteiger partial charge in [-0.2, -0.15) is 0 Å². The SMILES string of the molecule is Cc1cccc(C)c1NC(=O)CN1CCN(C(=O)[C@@H](N)CC(C)C)CC1. The highest BCUT2D eigenvalue weighted by Gasteiger charge is 2.26. The van der Waals surface area contributed by atoms with Crippen molar-refractivity contribution in [3.05, 3.63) is 29.3 Å². The summed E-state index contributed by atoms with van der Waals surface area (Å²) in [6, 6.07) is 5.55. The standard InChI is InChI=1S/C20H32N4O2/c1-14(2)12-17(21)20(26)24-10-8-23(9-11-24)13-18(25)22-19-15(3)6-5-7-16(19)4/h5-7,14,17H,8-13,21H2,1-4H3,(H,22,25)/t17-/m0/s1. The molecule has 2 amide bonds. The molecular formula is C20H32N4O2. The molecule has 26 heavy (non-hydrogen) atoms. The van der Waals surface area contributed by atoms with Gasteiger partial charge in [-0.25, -0.2) is 0 Å². The minimum absolute atomic E-state index is 0.0151. The van der Waals surface area contributed by atoms with Crippen molar-refractivity contribution in [2.75, 3.05) is 38.0 Å². The van der Waals surface area contributed by atoms with Crippen LogP contribution < -0.4 is 11.1 Å². The number of nitrogens with one attached hydrogen (secondary N) is 1. The lowest BCUT2D eigenvalue weighted by Gasteiger charge is -2.35. The molecule has 0 bridgehead atoms. The van der Waals surface area contributed by atoms with E-state index < -0.39 is 6.04 Å². The van der Waals surface area contributed by atoms with Gasteiger partial charge in [0.1, 0.15) is 0 Å². The van der Waals surface area contributed by atoms with Crippen LogP contribution in [0.4, 0.5) is 5.69 Å². The molecule has 0 spiro atoms. The van der Waals surface area contributed by atoms with Gasteiger partial charge < -0.3 is 16.0 Å². The number of nitrogens with zero attached hydrogens (tertiary/aromatic N) is 2. The Morgan fingerprint density at radius 2 is 1.69 bits per heavy atom. The average Bonchev–Trinajstić information content (AvgIpc) is 2.58. The minimum Gasteiger partial charge on any atom is -0.339 e. The molecule has 1 aromatic carbocycles. The molecule has 1 fully saturated rings. The number of para-hydroxylation sites is 1. The van der Waals surface area contributed by atoms with E-state index in [1.807, 2.05) is 36.9 Å². The van der Waals surface area contributed by atoms with E-state index in [4.69, 9.17) is 5.73 Å². The highest BCUT2D eigenvalue weighted by Crippen LogP contribution is 2.19. The van der Waals surface area contributed by atoms with Crippen molar-refractivity contribution in [1.82, 2.24) is 9.80 Å². The number of carbonyl (C=O) groups excluding carboxylic acids is 2. The molecular weight excluding hydrogens is 328 g/mol. The second kappa shape index (κ2) is 9.14. The monoisotopic (exact) mass is 360 g/mol. The highest BCUT2D eigenvalue weighted by atomic mass is 16.2. The largest absolute Gasteiger partial charge is 0.339 e. The molecule has 1 saturated heterocycles. The maximum Gasteiger partial charge on any atom is 0.239 e. The van der Waals surface area contributed by atoms with E-state index in [0.29, 0.717) is 45.1 Å². The zero-order valence-electron chi connectivity index (χ0n) is 16.4. The van der Waals surface area contributed by atoms with Gasteiger partial charge in [-0.05, 0) is 37.3 Å². The van der Waals surface area contributed by atoms with Gasteiger partial charge in [0.2, 0.25) is 11.8 Å². The fourth-order valence-electron chi connectivity index (χ4n) is 3.36. The Labute approximate surface area is 156 Å². The molecule has 1 atom stereocenters. The number of rotatable bonds is 6. The van der Waals surface area contributed by atoms with Gasteiger partial charge in [-0.1, -0.05) is 32.0 Å². The van der Waals surface area contributed by atoms with Gasteiger partial charge >= 0.3 is 0 Å². The van der Waals surface area contributed by atoms with Crippen LogP contribution in [0.3, 0.4) is 0 Å². The molecule has 0 aromatic heterocycles. The lowest BCUT2D eigenvalue weighted by molar-refractivity contribution is -0.134. The maximum atomic E-state index is 12.4. The van der Waals surface area contributed by atoms with Crippen LogP contribution in [0.1, 0.15) is 31.4 Å². The quantitative estimate of drug-likeness (QED) is 0.810. The number of hydrogen-bond acceptors (Lipinski definition) is 4. The Morgan fingerprint density at radius 1 is 1.12 bits per heavy atom. The third kappa shape index (κ3) is 5.54. The number of anilines is 1. The van der Waals surface area contributed by atoms with Crippen LogP contribution in [0.15, 0.2) is 18.2 Å². The first-order chi connectivity index (χ1) is 12.3. The minimum atomic E-state index is -0.422. The number of benzene rings is 1. The van der Waals surface area contributed by atoms with Crippen molar-refractivity contribution in [3.8, 4) is 0 Å². The second-order valence-corrected chi connectivity index (χ2v) is 7.65. The maximum absolute atomic E-state index is 12.4. The van der Waals surface area contributed by atoms with Gasteiger partial charge in [0.15, 0.2) is 0 Å². The number of hydrogen-bond donors (Lipinski definition) is 2. The van der Waals surface area contributed by atoms with Crippen LogP contribution in [-0.4, -0.2) is 60.4 Å². The number of carbonyl (C=O) groups is 2. The zero-order valence-corrected chi connectivity index (χ0v) is 16.4. The number of piperazine rings is 1. The molecule has 0 aliphatic carbocycles. The molecule has 1 aromatic rings. The summed E-state index contributed by atoms with van der Waals surface area (Å²) in [4.78, 5) is 28.7. The van der Waals surface area contributed by atoms with Crippen LogP contribution in [0.5, 0.6) is 0 Å². The summed E-state index contributed by atoms with van der Waals surface area (Å²) in [5.41, 5.74) is 9.03. The molecule has 0 saturated carbocycles. The lowest BCUT2D eigenvalue weighted by atomic mass is 10.0. The van der Waals surface area contributed by atoms with E-state index in [1.54, 1.807) is 0 Å². The molecule has 0 radical (unpaired) electrons. The van der Waals surface area contributed by atoms with Gasteiger partial charge in [0, 0.05) is 31.9 Å². The first kappa shape index (κ1) is 20.4. The normalized spacial score (nSPS) is 16.6. The smallest absolute Gasteiger partial charge is 0.239 e. The summed E-state index contributed by atoms with van der Waals surface area (Å²) >= 11 is 0. The molecule has 3 N–H and O–H groups in total. The Kier molecular flexibility index (Phi) is 7.17. The number of nitrogens with two attached hydrogens (primary N) is 1. The van der Waals surface area contributed by atoms with Crippen LogP contribution in [0.2, 0.25) is 0 Å². The third-order valence-electron chi connectivity index (χ3n) is 4.84. The van der Waals surface area contributed by atoms with E-state index in [2.05, 4.69) is 24.1 Å². The van der Waals surface area contributed by atoms with Crippen molar-refractivity contribution in [2.45, 2.75) is 40.2 Å². The average molecular weight is 361 g/mol.